The molecule has 36 heavy (non-hydrogen) atoms. The van der Waals surface area contributed by atoms with E-state index in [-0.39, 0.29) is 22.7 Å². The van der Waals surface area contributed by atoms with Crippen molar-refractivity contribution in [1.82, 2.24) is 14.8 Å². The summed E-state index contributed by atoms with van der Waals surface area (Å²) in [6.07, 6.45) is 8.77. The fourth-order valence-corrected chi connectivity index (χ4v) is 4.26. The van der Waals surface area contributed by atoms with Crippen molar-refractivity contribution < 1.29 is 18.3 Å². The lowest BCUT2D eigenvalue weighted by Gasteiger charge is -2.13. The van der Waals surface area contributed by atoms with Gasteiger partial charge in [-0.3, -0.25) is 14.5 Å². The van der Waals surface area contributed by atoms with Crippen LogP contribution in [0.1, 0.15) is 33.5 Å². The first-order valence-corrected chi connectivity index (χ1v) is 11.3. The van der Waals surface area contributed by atoms with E-state index in [1.165, 1.54) is 6.07 Å². The number of hydrogen-bond acceptors (Lipinski definition) is 5. The van der Waals surface area contributed by atoms with E-state index < -0.39 is 17.4 Å². The van der Waals surface area contributed by atoms with E-state index in [4.69, 9.17) is 10.00 Å². The van der Waals surface area contributed by atoms with Crippen LogP contribution >= 0.6 is 0 Å². The highest BCUT2D eigenvalue weighted by Crippen LogP contribution is 2.35. The Kier molecular flexibility index (Phi) is 6.13. The number of halogens is 2. The van der Waals surface area contributed by atoms with Crippen molar-refractivity contribution in [3.63, 3.8) is 0 Å². The fraction of sp³-hybridized carbons (Fsp3) is 0.143. The van der Waals surface area contributed by atoms with Crippen LogP contribution in [-0.2, 0) is 19.9 Å². The molecule has 5 rings (SSSR count). The lowest BCUT2D eigenvalue weighted by molar-refractivity contribution is 0.104. The van der Waals surface area contributed by atoms with Crippen molar-refractivity contribution in [2.24, 2.45) is 7.05 Å². The Labute approximate surface area is 206 Å². The number of pyridine rings is 1. The van der Waals surface area contributed by atoms with Crippen LogP contribution in [0, 0.1) is 23.0 Å². The van der Waals surface area contributed by atoms with Gasteiger partial charge in [0.2, 0.25) is 0 Å². The maximum Gasteiger partial charge on any atom is 0.198 e. The molecule has 0 saturated heterocycles. The average molecular weight is 482 g/mol. The third kappa shape index (κ3) is 4.64. The van der Waals surface area contributed by atoms with E-state index in [0.29, 0.717) is 19.3 Å². The van der Waals surface area contributed by atoms with E-state index in [1.54, 1.807) is 35.3 Å². The summed E-state index contributed by atoms with van der Waals surface area (Å²) in [5.74, 6) is -2.89. The van der Waals surface area contributed by atoms with Crippen molar-refractivity contribution in [3.8, 4) is 28.8 Å². The van der Waals surface area contributed by atoms with Gasteiger partial charge in [-0.15, -0.1) is 0 Å². The second-order valence-electron chi connectivity index (χ2n) is 8.57. The summed E-state index contributed by atoms with van der Waals surface area (Å²) in [6.45, 7) is 0. The van der Waals surface area contributed by atoms with Gasteiger partial charge in [-0.25, -0.2) is 8.78 Å². The topological polar surface area (TPSA) is 80.8 Å². The van der Waals surface area contributed by atoms with Crippen molar-refractivity contribution >= 4 is 5.78 Å². The molecule has 0 aliphatic heterocycles. The zero-order valence-electron chi connectivity index (χ0n) is 19.3. The summed E-state index contributed by atoms with van der Waals surface area (Å²) in [7, 11) is 1.85. The number of ether oxygens (including phenoxy) is 1. The highest BCUT2D eigenvalue weighted by molar-refractivity contribution is 6.08. The molecular formula is C28H20F2N4O2. The van der Waals surface area contributed by atoms with E-state index >= 15 is 0 Å². The number of fused-ring (bicyclic) bond motifs is 1. The Morgan fingerprint density at radius 1 is 1.11 bits per heavy atom. The number of benzene rings is 2. The summed E-state index contributed by atoms with van der Waals surface area (Å²) < 4.78 is 36.1. The monoisotopic (exact) mass is 482 g/mol. The molecule has 0 spiro atoms. The zero-order chi connectivity index (χ0) is 25.2. The minimum absolute atomic E-state index is 0.0694. The fourth-order valence-electron chi connectivity index (χ4n) is 4.26. The van der Waals surface area contributed by atoms with Crippen LogP contribution in [0.5, 0.6) is 11.5 Å². The molecule has 4 aromatic rings. The van der Waals surface area contributed by atoms with Crippen LogP contribution in [0.2, 0.25) is 0 Å². The van der Waals surface area contributed by atoms with Gasteiger partial charge in [0.05, 0.1) is 29.1 Å². The van der Waals surface area contributed by atoms with Crippen LogP contribution in [0.25, 0.3) is 11.3 Å². The van der Waals surface area contributed by atoms with E-state index in [2.05, 4.69) is 10.1 Å². The van der Waals surface area contributed by atoms with Crippen LogP contribution < -0.4 is 4.74 Å². The molecule has 0 atom stereocenters. The zero-order valence-corrected chi connectivity index (χ0v) is 19.3. The molecule has 8 heteroatoms. The van der Waals surface area contributed by atoms with Crippen LogP contribution in [0.3, 0.4) is 0 Å². The largest absolute Gasteiger partial charge is 0.450 e. The lowest BCUT2D eigenvalue weighted by Crippen LogP contribution is -2.04. The number of aromatic nitrogens is 3. The molecule has 1 aliphatic carbocycles. The Hall–Kier alpha value is -4.64. The van der Waals surface area contributed by atoms with Gasteiger partial charge >= 0.3 is 0 Å². The van der Waals surface area contributed by atoms with Crippen LogP contribution in [0.15, 0.2) is 72.7 Å². The van der Waals surface area contributed by atoms with E-state index in [9.17, 15) is 13.6 Å². The molecule has 0 amide bonds. The number of carbonyl (C=O) groups excluding carboxylic acids is 1. The molecule has 0 N–H and O–H groups in total. The van der Waals surface area contributed by atoms with Gasteiger partial charge in [-0.1, -0.05) is 23.8 Å². The average Bonchev–Trinajstić information content (AvgIpc) is 3.23. The lowest BCUT2D eigenvalue weighted by atomic mass is 10.00. The van der Waals surface area contributed by atoms with Gasteiger partial charge in [0, 0.05) is 25.0 Å². The molecule has 1 aliphatic rings. The molecule has 0 unspecified atom stereocenters. The Bertz CT molecular complexity index is 1530. The van der Waals surface area contributed by atoms with E-state index in [0.717, 1.165) is 40.1 Å². The standard InChI is InChI=1S/C28H20F2N4O2/c1-34-16-21(15-33-34)24-8-6-18(14-32-24)9-17-5-7-20-3-2-4-26(27(20)25(35)12-17)36-28-22(29)10-19(13-31)11-23(28)30/h2-4,6,8,10-12,14-16H,5,7,9H2,1H3. The van der Waals surface area contributed by atoms with Crippen molar-refractivity contribution in [3.05, 3.63) is 107 Å². The number of rotatable bonds is 5. The highest BCUT2D eigenvalue weighted by atomic mass is 19.1. The van der Waals surface area contributed by atoms with Gasteiger partial charge in [-0.05, 0) is 60.7 Å². The summed E-state index contributed by atoms with van der Waals surface area (Å²) >= 11 is 0. The Morgan fingerprint density at radius 2 is 1.92 bits per heavy atom. The van der Waals surface area contributed by atoms with Crippen molar-refractivity contribution in [2.45, 2.75) is 19.3 Å². The number of nitriles is 1. The Balaban J connectivity index is 1.39. The first-order chi connectivity index (χ1) is 17.4. The number of carbonyl (C=O) groups is 1. The molecule has 0 bridgehead atoms. The van der Waals surface area contributed by atoms with Gasteiger partial charge in [0.25, 0.3) is 0 Å². The van der Waals surface area contributed by atoms with Crippen LogP contribution in [0.4, 0.5) is 8.78 Å². The SMILES string of the molecule is Cn1cc(-c2ccc(CC3=CC(=O)c4c(cccc4Oc4c(F)cc(C#N)cc4F)CC3)cn2)cn1. The summed E-state index contributed by atoms with van der Waals surface area (Å²) in [6, 6.07) is 12.4. The molecule has 0 fully saturated rings. The summed E-state index contributed by atoms with van der Waals surface area (Å²) in [4.78, 5) is 17.7. The first-order valence-electron chi connectivity index (χ1n) is 11.3. The smallest absolute Gasteiger partial charge is 0.198 e. The number of allylic oxidation sites excluding steroid dienone is 2. The number of ketones is 1. The highest BCUT2D eigenvalue weighted by Gasteiger charge is 2.23. The van der Waals surface area contributed by atoms with Crippen molar-refractivity contribution in [1.29, 1.82) is 5.26 Å². The molecular weight excluding hydrogens is 462 g/mol. The maximum atomic E-state index is 14.4. The quantitative estimate of drug-likeness (QED) is 0.363. The third-order valence-corrected chi connectivity index (χ3v) is 6.01. The van der Waals surface area contributed by atoms with Gasteiger partial charge in [-0.2, -0.15) is 10.4 Å². The molecule has 0 radical (unpaired) electrons. The number of hydrogen-bond donors (Lipinski definition) is 0. The molecule has 0 saturated carbocycles. The normalized spacial score (nSPS) is 12.9. The van der Waals surface area contributed by atoms with E-state index in [1.807, 2.05) is 31.4 Å². The van der Waals surface area contributed by atoms with Crippen molar-refractivity contribution in [2.75, 3.05) is 0 Å². The second kappa shape index (κ2) is 9.55. The predicted octanol–water partition coefficient (Wildman–Crippen LogP) is 5.72. The van der Waals surface area contributed by atoms with Crippen LogP contribution in [-0.4, -0.2) is 20.5 Å². The maximum absolute atomic E-state index is 14.4. The minimum Gasteiger partial charge on any atom is -0.450 e. The summed E-state index contributed by atoms with van der Waals surface area (Å²) in [5.41, 5.74) is 4.49. The molecule has 178 valence electrons. The molecule has 2 heterocycles. The van der Waals surface area contributed by atoms with Gasteiger partial charge in [0.15, 0.2) is 23.2 Å². The Morgan fingerprint density at radius 3 is 2.58 bits per heavy atom. The number of aryl methyl sites for hydroxylation is 2. The first kappa shape index (κ1) is 23.1. The molecule has 6 nitrogen and oxygen atoms in total. The summed E-state index contributed by atoms with van der Waals surface area (Å²) in [5, 5.41) is 13.1. The molecule has 2 aromatic heterocycles. The van der Waals surface area contributed by atoms with Gasteiger partial charge in [0.1, 0.15) is 5.75 Å². The third-order valence-electron chi connectivity index (χ3n) is 6.01. The second-order valence-corrected chi connectivity index (χ2v) is 8.57. The predicted molar refractivity (Wildman–Crippen MR) is 128 cm³/mol. The minimum atomic E-state index is -1.01. The number of nitrogens with zero attached hydrogens (tertiary/aromatic N) is 4. The molecule has 2 aromatic carbocycles. The van der Waals surface area contributed by atoms with Gasteiger partial charge < -0.3 is 4.74 Å².